The second-order valence-electron chi connectivity index (χ2n) is 3.06. The number of nitrogens with one attached hydrogen (secondary N) is 1. The molecule has 1 aliphatic rings. The third-order valence-electron chi connectivity index (χ3n) is 2.25. The Balaban J connectivity index is 2.19. The van der Waals surface area contributed by atoms with Crippen LogP contribution < -0.4 is 5.73 Å². The quantitative estimate of drug-likeness (QED) is 0.672. The van der Waals surface area contributed by atoms with Gasteiger partial charge in [-0.3, -0.25) is 4.79 Å². The van der Waals surface area contributed by atoms with Crippen molar-refractivity contribution in [3.05, 3.63) is 18.2 Å². The molecule has 2 heterocycles. The number of hydrogen-bond donors (Lipinski definition) is 2. The first-order valence-corrected chi connectivity index (χ1v) is 4.19. The summed E-state index contributed by atoms with van der Waals surface area (Å²) in [5, 5.41) is 0. The van der Waals surface area contributed by atoms with Gasteiger partial charge in [-0.1, -0.05) is 0 Å². The van der Waals surface area contributed by atoms with Crippen molar-refractivity contribution in [3.8, 4) is 0 Å². The van der Waals surface area contributed by atoms with Gasteiger partial charge in [0, 0.05) is 19.0 Å². The van der Waals surface area contributed by atoms with Crippen molar-refractivity contribution in [2.75, 3.05) is 6.61 Å². The van der Waals surface area contributed by atoms with Crippen molar-refractivity contribution >= 4 is 5.91 Å². The maximum Gasteiger partial charge on any atom is 0.223 e. The first-order chi connectivity index (χ1) is 6.29. The number of nitrogens with zero attached hydrogens (tertiary/aromatic N) is 1. The number of aromatic nitrogens is 2. The fourth-order valence-corrected chi connectivity index (χ4v) is 1.58. The average Bonchev–Trinajstić information content (AvgIpc) is 2.74. The Hall–Kier alpha value is -1.36. The maximum atomic E-state index is 11.0. The van der Waals surface area contributed by atoms with E-state index in [2.05, 4.69) is 9.97 Å². The van der Waals surface area contributed by atoms with Crippen LogP contribution >= 0.6 is 0 Å². The van der Waals surface area contributed by atoms with Crippen molar-refractivity contribution in [1.82, 2.24) is 9.97 Å². The average molecular weight is 181 g/mol. The van der Waals surface area contributed by atoms with E-state index in [-0.39, 0.29) is 17.9 Å². The third-order valence-corrected chi connectivity index (χ3v) is 2.25. The first-order valence-electron chi connectivity index (χ1n) is 4.19. The second-order valence-corrected chi connectivity index (χ2v) is 3.06. The summed E-state index contributed by atoms with van der Waals surface area (Å²) in [6.07, 6.45) is 3.73. The number of carbonyl (C=O) groups excluding carboxylic acids is 1. The van der Waals surface area contributed by atoms with Crippen LogP contribution in [0.15, 0.2) is 12.4 Å². The SMILES string of the molecule is NC(=O)[C@@H]1CCO[C@H]1c1ncc[nH]1. The highest BCUT2D eigenvalue weighted by Crippen LogP contribution is 2.31. The number of hydrogen-bond acceptors (Lipinski definition) is 3. The van der Waals surface area contributed by atoms with Crippen molar-refractivity contribution in [3.63, 3.8) is 0 Å². The number of amides is 1. The van der Waals surface area contributed by atoms with Gasteiger partial charge in [-0.25, -0.2) is 4.98 Å². The van der Waals surface area contributed by atoms with E-state index in [0.717, 1.165) is 0 Å². The Bertz CT molecular complexity index is 296. The molecule has 0 radical (unpaired) electrons. The number of nitrogens with two attached hydrogens (primary N) is 1. The van der Waals surface area contributed by atoms with Crippen molar-refractivity contribution < 1.29 is 9.53 Å². The summed E-state index contributed by atoms with van der Waals surface area (Å²) in [6.45, 7) is 0.568. The van der Waals surface area contributed by atoms with Crippen molar-refractivity contribution in [2.45, 2.75) is 12.5 Å². The Kier molecular flexibility index (Phi) is 2.02. The van der Waals surface area contributed by atoms with Gasteiger partial charge in [0.2, 0.25) is 5.91 Å². The molecule has 2 rings (SSSR count). The van der Waals surface area contributed by atoms with Gasteiger partial charge >= 0.3 is 0 Å². The van der Waals surface area contributed by atoms with E-state index in [4.69, 9.17) is 10.5 Å². The summed E-state index contributed by atoms with van der Waals surface area (Å²) >= 11 is 0. The molecule has 13 heavy (non-hydrogen) atoms. The van der Waals surface area contributed by atoms with Crippen molar-refractivity contribution in [2.24, 2.45) is 11.7 Å². The lowest BCUT2D eigenvalue weighted by Crippen LogP contribution is -2.26. The van der Waals surface area contributed by atoms with Crippen LogP contribution in [0, 0.1) is 5.92 Å². The molecule has 0 unspecified atom stereocenters. The lowest BCUT2D eigenvalue weighted by molar-refractivity contribution is -0.123. The minimum absolute atomic E-state index is 0.244. The summed E-state index contributed by atoms with van der Waals surface area (Å²) in [5.41, 5.74) is 5.23. The van der Waals surface area contributed by atoms with E-state index in [1.807, 2.05) is 0 Å². The van der Waals surface area contributed by atoms with Crippen LogP contribution in [0.3, 0.4) is 0 Å². The number of H-pyrrole nitrogens is 1. The number of aromatic amines is 1. The highest BCUT2D eigenvalue weighted by Gasteiger charge is 2.35. The molecule has 3 N–H and O–H groups in total. The van der Waals surface area contributed by atoms with Gasteiger partial charge in [0.1, 0.15) is 11.9 Å². The zero-order valence-corrected chi connectivity index (χ0v) is 7.06. The van der Waals surface area contributed by atoms with Gasteiger partial charge in [0.15, 0.2) is 0 Å². The molecule has 1 aliphatic heterocycles. The van der Waals surface area contributed by atoms with Crippen LogP contribution in [-0.4, -0.2) is 22.5 Å². The normalized spacial score (nSPS) is 27.7. The molecule has 1 aromatic rings. The molecule has 1 fully saturated rings. The van der Waals surface area contributed by atoms with E-state index >= 15 is 0 Å². The summed E-state index contributed by atoms with van der Waals surface area (Å²) in [7, 11) is 0. The highest BCUT2D eigenvalue weighted by atomic mass is 16.5. The lowest BCUT2D eigenvalue weighted by Gasteiger charge is -2.12. The zero-order chi connectivity index (χ0) is 9.26. The molecule has 1 aromatic heterocycles. The molecule has 70 valence electrons. The van der Waals surface area contributed by atoms with Gasteiger partial charge in [-0.05, 0) is 6.42 Å². The molecule has 0 bridgehead atoms. The summed E-state index contributed by atoms with van der Waals surface area (Å²) < 4.78 is 5.38. The summed E-state index contributed by atoms with van der Waals surface area (Å²) in [4.78, 5) is 18.0. The third kappa shape index (κ3) is 1.42. The molecule has 0 aliphatic carbocycles. The van der Waals surface area contributed by atoms with Gasteiger partial charge in [-0.15, -0.1) is 0 Å². The van der Waals surface area contributed by atoms with E-state index in [9.17, 15) is 4.79 Å². The van der Waals surface area contributed by atoms with Crippen LogP contribution in [0.4, 0.5) is 0 Å². The number of rotatable bonds is 2. The van der Waals surface area contributed by atoms with E-state index < -0.39 is 0 Å². The molecular formula is C8H11N3O2. The lowest BCUT2D eigenvalue weighted by atomic mass is 10.0. The number of ether oxygens (including phenoxy) is 1. The Morgan fingerprint density at radius 3 is 3.23 bits per heavy atom. The highest BCUT2D eigenvalue weighted by molar-refractivity contribution is 5.77. The first kappa shape index (κ1) is 8.25. The summed E-state index contributed by atoms with van der Waals surface area (Å²) in [5.74, 6) is 0.117. The van der Waals surface area contributed by atoms with Crippen LogP contribution in [-0.2, 0) is 9.53 Å². The molecule has 0 spiro atoms. The predicted octanol–water partition coefficient (Wildman–Crippen LogP) is -0.0274. The molecule has 1 saturated heterocycles. The maximum absolute atomic E-state index is 11.0. The zero-order valence-electron chi connectivity index (χ0n) is 7.06. The number of primary amides is 1. The molecule has 5 nitrogen and oxygen atoms in total. The minimum atomic E-state index is -0.320. The fourth-order valence-electron chi connectivity index (χ4n) is 1.58. The number of imidazole rings is 1. The standard InChI is InChI=1S/C8H11N3O2/c9-7(12)5-1-4-13-6(5)8-10-2-3-11-8/h2-3,5-6H,1,4H2,(H2,9,12)(H,10,11)/t5-,6-/m1/s1. The van der Waals surface area contributed by atoms with Gasteiger partial charge in [0.05, 0.1) is 5.92 Å². The van der Waals surface area contributed by atoms with E-state index in [1.165, 1.54) is 0 Å². The summed E-state index contributed by atoms with van der Waals surface area (Å²) in [6, 6.07) is 0. The molecule has 0 aromatic carbocycles. The fraction of sp³-hybridized carbons (Fsp3) is 0.500. The monoisotopic (exact) mass is 181 g/mol. The Morgan fingerprint density at radius 1 is 1.77 bits per heavy atom. The van der Waals surface area contributed by atoms with Crippen LogP contribution in [0.25, 0.3) is 0 Å². The molecular weight excluding hydrogens is 170 g/mol. The Labute approximate surface area is 75.3 Å². The van der Waals surface area contributed by atoms with Crippen LogP contribution in [0.2, 0.25) is 0 Å². The smallest absolute Gasteiger partial charge is 0.223 e. The molecule has 5 heteroatoms. The molecule has 0 saturated carbocycles. The number of carbonyl (C=O) groups is 1. The van der Waals surface area contributed by atoms with Crippen LogP contribution in [0.5, 0.6) is 0 Å². The molecule has 1 amide bonds. The van der Waals surface area contributed by atoms with E-state index in [0.29, 0.717) is 18.9 Å². The predicted molar refractivity (Wildman–Crippen MR) is 44.6 cm³/mol. The van der Waals surface area contributed by atoms with Gasteiger partial charge in [0.25, 0.3) is 0 Å². The molecule has 2 atom stereocenters. The van der Waals surface area contributed by atoms with E-state index in [1.54, 1.807) is 12.4 Å². The van der Waals surface area contributed by atoms with Crippen molar-refractivity contribution in [1.29, 1.82) is 0 Å². The Morgan fingerprint density at radius 2 is 2.62 bits per heavy atom. The van der Waals surface area contributed by atoms with Crippen LogP contribution in [0.1, 0.15) is 18.3 Å². The van der Waals surface area contributed by atoms with Gasteiger partial charge in [-0.2, -0.15) is 0 Å². The largest absolute Gasteiger partial charge is 0.369 e. The second kappa shape index (κ2) is 3.18. The van der Waals surface area contributed by atoms with Gasteiger partial charge < -0.3 is 15.5 Å². The topological polar surface area (TPSA) is 81.0 Å². The minimum Gasteiger partial charge on any atom is -0.369 e.